The van der Waals surface area contributed by atoms with Crippen molar-refractivity contribution < 1.29 is 0 Å². The van der Waals surface area contributed by atoms with Gasteiger partial charge in [-0.1, -0.05) is 23.2 Å². The highest BCUT2D eigenvalue weighted by molar-refractivity contribution is 6.36. The van der Waals surface area contributed by atoms with Gasteiger partial charge in [-0.25, -0.2) is 0 Å². The summed E-state index contributed by atoms with van der Waals surface area (Å²) in [7, 11) is 0. The number of benzene rings is 1. The lowest BCUT2D eigenvalue weighted by molar-refractivity contribution is 0.233. The third-order valence-electron chi connectivity index (χ3n) is 2.78. The molecule has 0 atom stereocenters. The second kappa shape index (κ2) is 5.23. The highest BCUT2D eigenvalue weighted by Gasteiger charge is 2.13. The quantitative estimate of drug-likeness (QED) is 0.799. The first-order chi connectivity index (χ1) is 7.66. The number of nitrogens with two attached hydrogens (primary N) is 1. The smallest absolute Gasteiger partial charge is 0.0653 e. The van der Waals surface area contributed by atoms with Crippen LogP contribution in [0.4, 0.5) is 5.69 Å². The van der Waals surface area contributed by atoms with E-state index in [4.69, 9.17) is 28.9 Å². The Labute approximate surface area is 106 Å². The SMILES string of the molecule is Nc1c(Cl)cc(Cl)cc1CN1CCNCC1. The molecule has 0 bridgehead atoms. The first-order valence-corrected chi connectivity index (χ1v) is 6.09. The Morgan fingerprint density at radius 2 is 1.94 bits per heavy atom. The maximum absolute atomic E-state index is 6.00. The first-order valence-electron chi connectivity index (χ1n) is 5.33. The van der Waals surface area contributed by atoms with E-state index in [0.717, 1.165) is 38.3 Å². The number of rotatable bonds is 2. The third-order valence-corrected chi connectivity index (χ3v) is 3.31. The van der Waals surface area contributed by atoms with Crippen molar-refractivity contribution in [3.05, 3.63) is 27.7 Å². The molecule has 1 aromatic rings. The van der Waals surface area contributed by atoms with Crippen LogP contribution in [0, 0.1) is 0 Å². The van der Waals surface area contributed by atoms with Gasteiger partial charge in [-0.3, -0.25) is 4.90 Å². The molecule has 88 valence electrons. The van der Waals surface area contributed by atoms with Crippen LogP contribution < -0.4 is 11.1 Å². The van der Waals surface area contributed by atoms with Gasteiger partial charge >= 0.3 is 0 Å². The molecule has 0 aromatic heterocycles. The minimum atomic E-state index is 0.539. The topological polar surface area (TPSA) is 41.3 Å². The van der Waals surface area contributed by atoms with E-state index >= 15 is 0 Å². The molecular formula is C11H15Cl2N3. The maximum Gasteiger partial charge on any atom is 0.0653 e. The van der Waals surface area contributed by atoms with E-state index in [0.29, 0.717) is 15.7 Å². The van der Waals surface area contributed by atoms with Gasteiger partial charge < -0.3 is 11.1 Å². The highest BCUT2D eigenvalue weighted by atomic mass is 35.5. The number of nitrogen functional groups attached to an aromatic ring is 1. The molecule has 2 rings (SSSR count). The van der Waals surface area contributed by atoms with E-state index in [1.165, 1.54) is 0 Å². The van der Waals surface area contributed by atoms with Gasteiger partial charge in [-0.05, 0) is 17.7 Å². The second-order valence-electron chi connectivity index (χ2n) is 3.99. The van der Waals surface area contributed by atoms with E-state index in [1.54, 1.807) is 6.07 Å². The van der Waals surface area contributed by atoms with Crippen LogP contribution in [0.3, 0.4) is 0 Å². The molecule has 16 heavy (non-hydrogen) atoms. The first kappa shape index (κ1) is 12.0. The molecular weight excluding hydrogens is 245 g/mol. The lowest BCUT2D eigenvalue weighted by Crippen LogP contribution is -2.43. The molecule has 1 saturated heterocycles. The van der Waals surface area contributed by atoms with E-state index in [2.05, 4.69) is 10.2 Å². The highest BCUT2D eigenvalue weighted by Crippen LogP contribution is 2.28. The molecule has 1 aliphatic heterocycles. The van der Waals surface area contributed by atoms with Crippen molar-refractivity contribution in [2.75, 3.05) is 31.9 Å². The van der Waals surface area contributed by atoms with Crippen LogP contribution in [0.5, 0.6) is 0 Å². The van der Waals surface area contributed by atoms with Gasteiger partial charge in [0, 0.05) is 37.7 Å². The predicted molar refractivity (Wildman–Crippen MR) is 69.0 cm³/mol. The van der Waals surface area contributed by atoms with Crippen LogP contribution >= 0.6 is 23.2 Å². The number of hydrogen-bond acceptors (Lipinski definition) is 3. The van der Waals surface area contributed by atoms with Crippen molar-refractivity contribution in [3.8, 4) is 0 Å². The summed E-state index contributed by atoms with van der Waals surface area (Å²) in [5.74, 6) is 0. The molecule has 1 heterocycles. The van der Waals surface area contributed by atoms with E-state index in [1.807, 2.05) is 6.07 Å². The largest absolute Gasteiger partial charge is 0.397 e. The Morgan fingerprint density at radius 3 is 2.62 bits per heavy atom. The van der Waals surface area contributed by atoms with Crippen LogP contribution in [-0.4, -0.2) is 31.1 Å². The Bertz CT molecular complexity index is 376. The van der Waals surface area contributed by atoms with Gasteiger partial charge in [0.1, 0.15) is 0 Å². The Morgan fingerprint density at radius 1 is 1.25 bits per heavy atom. The van der Waals surface area contributed by atoms with Crippen LogP contribution in [-0.2, 0) is 6.54 Å². The van der Waals surface area contributed by atoms with Crippen LogP contribution in [0.1, 0.15) is 5.56 Å². The fourth-order valence-electron chi connectivity index (χ4n) is 1.88. The summed E-state index contributed by atoms with van der Waals surface area (Å²) in [4.78, 5) is 2.34. The molecule has 0 saturated carbocycles. The molecule has 1 fully saturated rings. The summed E-state index contributed by atoms with van der Waals surface area (Å²) < 4.78 is 0. The number of nitrogens with zero attached hydrogens (tertiary/aromatic N) is 1. The molecule has 1 aromatic carbocycles. The zero-order valence-corrected chi connectivity index (χ0v) is 10.5. The van der Waals surface area contributed by atoms with Gasteiger partial charge in [-0.2, -0.15) is 0 Å². The Kier molecular flexibility index (Phi) is 3.92. The number of anilines is 1. The summed E-state index contributed by atoms with van der Waals surface area (Å²) in [5, 5.41) is 4.50. The standard InChI is InChI=1S/C11H15Cl2N3/c12-9-5-8(11(14)10(13)6-9)7-16-3-1-15-2-4-16/h5-6,15H,1-4,7,14H2. The fourth-order valence-corrected chi connectivity index (χ4v) is 2.41. The van der Waals surface area contributed by atoms with Crippen molar-refractivity contribution >= 4 is 28.9 Å². The van der Waals surface area contributed by atoms with Gasteiger partial charge in [0.15, 0.2) is 0 Å². The molecule has 0 unspecified atom stereocenters. The summed E-state index contributed by atoms with van der Waals surface area (Å²) in [5.41, 5.74) is 7.59. The third kappa shape index (κ3) is 2.80. The predicted octanol–water partition coefficient (Wildman–Crippen LogP) is 1.98. The van der Waals surface area contributed by atoms with Crippen molar-refractivity contribution in [1.29, 1.82) is 0 Å². The zero-order valence-electron chi connectivity index (χ0n) is 8.97. The summed E-state index contributed by atoms with van der Waals surface area (Å²) in [6.07, 6.45) is 0. The Balaban J connectivity index is 2.13. The minimum absolute atomic E-state index is 0.539. The van der Waals surface area contributed by atoms with Crippen molar-refractivity contribution in [3.63, 3.8) is 0 Å². The molecule has 5 heteroatoms. The lowest BCUT2D eigenvalue weighted by Gasteiger charge is -2.27. The zero-order chi connectivity index (χ0) is 11.5. The van der Waals surface area contributed by atoms with Gasteiger partial charge in [0.05, 0.1) is 10.7 Å². The van der Waals surface area contributed by atoms with Crippen molar-refractivity contribution in [1.82, 2.24) is 10.2 Å². The number of piperazine rings is 1. The fraction of sp³-hybridized carbons (Fsp3) is 0.455. The summed E-state index contributed by atoms with van der Waals surface area (Å²) in [6, 6.07) is 3.57. The number of hydrogen-bond donors (Lipinski definition) is 2. The molecule has 0 spiro atoms. The van der Waals surface area contributed by atoms with Gasteiger partial charge in [0.25, 0.3) is 0 Å². The van der Waals surface area contributed by atoms with E-state index < -0.39 is 0 Å². The van der Waals surface area contributed by atoms with Crippen molar-refractivity contribution in [2.24, 2.45) is 0 Å². The minimum Gasteiger partial charge on any atom is -0.397 e. The van der Waals surface area contributed by atoms with Crippen LogP contribution in [0.2, 0.25) is 10.0 Å². The molecule has 3 nitrogen and oxygen atoms in total. The van der Waals surface area contributed by atoms with E-state index in [-0.39, 0.29) is 0 Å². The van der Waals surface area contributed by atoms with Crippen LogP contribution in [0.25, 0.3) is 0 Å². The lowest BCUT2D eigenvalue weighted by atomic mass is 10.1. The second-order valence-corrected chi connectivity index (χ2v) is 4.83. The summed E-state index contributed by atoms with van der Waals surface area (Å²) in [6.45, 7) is 4.92. The molecule has 3 N–H and O–H groups in total. The number of nitrogens with one attached hydrogen (secondary N) is 1. The normalized spacial score (nSPS) is 17.6. The van der Waals surface area contributed by atoms with Crippen LogP contribution in [0.15, 0.2) is 12.1 Å². The van der Waals surface area contributed by atoms with E-state index in [9.17, 15) is 0 Å². The number of halogens is 2. The molecule has 0 aliphatic carbocycles. The maximum atomic E-state index is 6.00. The Hall–Kier alpha value is -0.480. The average Bonchev–Trinajstić information content (AvgIpc) is 2.27. The average molecular weight is 260 g/mol. The molecule has 0 radical (unpaired) electrons. The molecule has 1 aliphatic rings. The summed E-state index contributed by atoms with van der Waals surface area (Å²) >= 11 is 12.0. The monoisotopic (exact) mass is 259 g/mol. The van der Waals surface area contributed by atoms with Crippen molar-refractivity contribution in [2.45, 2.75) is 6.54 Å². The van der Waals surface area contributed by atoms with Gasteiger partial charge in [-0.15, -0.1) is 0 Å². The molecule has 0 amide bonds. The van der Waals surface area contributed by atoms with Gasteiger partial charge in [0.2, 0.25) is 0 Å².